The third-order valence-electron chi connectivity index (χ3n) is 3.67. The van der Waals surface area contributed by atoms with Crippen molar-refractivity contribution in [3.8, 4) is 0 Å². The Morgan fingerprint density at radius 3 is 2.59 bits per heavy atom. The lowest BCUT2D eigenvalue weighted by Gasteiger charge is -2.22. The second-order valence-corrected chi connectivity index (χ2v) is 5.73. The monoisotopic (exact) mass is 304 g/mol. The highest BCUT2D eigenvalue weighted by Gasteiger charge is 2.47. The van der Waals surface area contributed by atoms with E-state index in [2.05, 4.69) is 0 Å². The Balaban J connectivity index is 1.96. The fourth-order valence-electron chi connectivity index (χ4n) is 2.75. The van der Waals surface area contributed by atoms with E-state index in [0.717, 1.165) is 5.56 Å². The van der Waals surface area contributed by atoms with E-state index in [1.807, 2.05) is 51.1 Å². The number of ether oxygens (including phenoxy) is 4. The molecule has 2 heterocycles. The molecule has 2 aliphatic heterocycles. The predicted molar refractivity (Wildman–Crippen MR) is 79.8 cm³/mol. The smallest absolute Gasteiger partial charge is 0.343 e. The van der Waals surface area contributed by atoms with E-state index in [4.69, 9.17) is 18.9 Å². The Morgan fingerprint density at radius 2 is 2.00 bits per heavy atom. The molecule has 0 aliphatic carbocycles. The minimum absolute atomic E-state index is 0.360. The highest BCUT2D eigenvalue weighted by molar-refractivity contribution is 6.19. The summed E-state index contributed by atoms with van der Waals surface area (Å²) < 4.78 is 22.7. The number of benzene rings is 1. The molecule has 2 atom stereocenters. The molecule has 0 saturated carbocycles. The van der Waals surface area contributed by atoms with Gasteiger partial charge in [-0.3, -0.25) is 0 Å². The van der Waals surface area contributed by atoms with Crippen molar-refractivity contribution in [2.75, 3.05) is 13.2 Å². The summed E-state index contributed by atoms with van der Waals surface area (Å²) in [6, 6.07) is 9.40. The minimum Gasteiger partial charge on any atom is -0.493 e. The van der Waals surface area contributed by atoms with Crippen molar-refractivity contribution in [3.05, 3.63) is 41.7 Å². The maximum absolute atomic E-state index is 12.3. The van der Waals surface area contributed by atoms with Crippen LogP contribution < -0.4 is 0 Å². The lowest BCUT2D eigenvalue weighted by Crippen LogP contribution is -2.33. The number of carbonyl (C=O) groups excluding carboxylic acids is 1. The van der Waals surface area contributed by atoms with Crippen LogP contribution in [0.5, 0.6) is 0 Å². The number of rotatable bonds is 4. The van der Waals surface area contributed by atoms with Gasteiger partial charge in [-0.2, -0.15) is 0 Å². The van der Waals surface area contributed by atoms with Crippen LogP contribution in [0.4, 0.5) is 0 Å². The van der Waals surface area contributed by atoms with Crippen molar-refractivity contribution in [2.24, 2.45) is 0 Å². The molecular weight excluding hydrogens is 284 g/mol. The second kappa shape index (κ2) is 5.74. The van der Waals surface area contributed by atoms with Gasteiger partial charge in [-0.05, 0) is 26.3 Å². The molecule has 118 valence electrons. The summed E-state index contributed by atoms with van der Waals surface area (Å²) >= 11 is 0. The van der Waals surface area contributed by atoms with Crippen molar-refractivity contribution >= 4 is 11.5 Å². The molecule has 22 heavy (non-hydrogen) atoms. The molecule has 1 fully saturated rings. The van der Waals surface area contributed by atoms with Gasteiger partial charge in [0.05, 0.1) is 13.2 Å². The van der Waals surface area contributed by atoms with Crippen LogP contribution in [0.3, 0.4) is 0 Å². The average Bonchev–Trinajstić information content (AvgIpc) is 3.00. The van der Waals surface area contributed by atoms with Gasteiger partial charge < -0.3 is 18.9 Å². The average molecular weight is 304 g/mol. The van der Waals surface area contributed by atoms with Gasteiger partial charge in [0.1, 0.15) is 11.7 Å². The standard InChI is InChI=1S/C17H20O5/c1-4-19-15-13(11-8-6-5-7-9-11)16(18)21-14(15)12-10-20-17(2,3)22-12/h5-9,12,14H,4,10H2,1-3H3/t12-,14+/m0/s1. The fourth-order valence-corrected chi connectivity index (χ4v) is 2.75. The lowest BCUT2D eigenvalue weighted by atomic mass is 10.0. The zero-order valence-electron chi connectivity index (χ0n) is 13.0. The second-order valence-electron chi connectivity index (χ2n) is 5.73. The molecular formula is C17H20O5. The van der Waals surface area contributed by atoms with Crippen LogP contribution in [-0.2, 0) is 23.7 Å². The zero-order valence-corrected chi connectivity index (χ0v) is 13.0. The molecule has 0 spiro atoms. The van der Waals surface area contributed by atoms with Gasteiger partial charge >= 0.3 is 5.97 Å². The highest BCUT2D eigenvalue weighted by atomic mass is 16.8. The predicted octanol–water partition coefficient (Wildman–Crippen LogP) is 2.51. The Morgan fingerprint density at radius 1 is 1.27 bits per heavy atom. The number of hydrogen-bond donors (Lipinski definition) is 0. The van der Waals surface area contributed by atoms with E-state index >= 15 is 0 Å². The molecule has 3 rings (SSSR count). The molecule has 0 unspecified atom stereocenters. The van der Waals surface area contributed by atoms with Crippen LogP contribution in [0.2, 0.25) is 0 Å². The summed E-state index contributed by atoms with van der Waals surface area (Å²) in [5, 5.41) is 0. The normalized spacial score (nSPS) is 27.1. The third kappa shape index (κ3) is 2.74. The number of hydrogen-bond acceptors (Lipinski definition) is 5. The van der Waals surface area contributed by atoms with E-state index in [1.165, 1.54) is 0 Å². The first kappa shape index (κ1) is 15.1. The summed E-state index contributed by atoms with van der Waals surface area (Å²) in [6.45, 7) is 6.38. The molecule has 1 aromatic carbocycles. The SMILES string of the molecule is CCOC1=C(c2ccccc2)C(=O)O[C@@H]1[C@@H]1COC(C)(C)O1. The van der Waals surface area contributed by atoms with E-state index < -0.39 is 11.9 Å². The van der Waals surface area contributed by atoms with Gasteiger partial charge in [-0.1, -0.05) is 30.3 Å². The molecule has 5 nitrogen and oxygen atoms in total. The topological polar surface area (TPSA) is 54.0 Å². The van der Waals surface area contributed by atoms with E-state index in [-0.39, 0.29) is 12.1 Å². The molecule has 5 heteroatoms. The Hall–Kier alpha value is -1.85. The van der Waals surface area contributed by atoms with Crippen LogP contribution in [0.25, 0.3) is 5.57 Å². The summed E-state index contributed by atoms with van der Waals surface area (Å²) in [4.78, 5) is 12.3. The number of carbonyl (C=O) groups is 1. The Bertz CT molecular complexity index is 590. The van der Waals surface area contributed by atoms with Crippen LogP contribution in [0, 0.1) is 0 Å². The van der Waals surface area contributed by atoms with Gasteiger partial charge in [0.15, 0.2) is 17.7 Å². The lowest BCUT2D eigenvalue weighted by molar-refractivity contribution is -0.162. The molecule has 1 saturated heterocycles. The van der Waals surface area contributed by atoms with Crippen molar-refractivity contribution in [2.45, 2.75) is 38.8 Å². The van der Waals surface area contributed by atoms with Crippen molar-refractivity contribution in [1.29, 1.82) is 0 Å². The quantitative estimate of drug-likeness (QED) is 0.800. The maximum atomic E-state index is 12.3. The molecule has 0 aromatic heterocycles. The van der Waals surface area contributed by atoms with Gasteiger partial charge in [-0.15, -0.1) is 0 Å². The van der Waals surface area contributed by atoms with Crippen molar-refractivity contribution in [1.82, 2.24) is 0 Å². The van der Waals surface area contributed by atoms with Crippen molar-refractivity contribution < 1.29 is 23.7 Å². The van der Waals surface area contributed by atoms with Gasteiger partial charge in [0, 0.05) is 0 Å². The highest BCUT2D eigenvalue weighted by Crippen LogP contribution is 2.37. The van der Waals surface area contributed by atoms with Gasteiger partial charge in [0.2, 0.25) is 0 Å². The fraction of sp³-hybridized carbons (Fsp3) is 0.471. The largest absolute Gasteiger partial charge is 0.493 e. The van der Waals surface area contributed by atoms with Crippen LogP contribution >= 0.6 is 0 Å². The van der Waals surface area contributed by atoms with Crippen LogP contribution in [-0.4, -0.2) is 37.2 Å². The summed E-state index contributed by atoms with van der Waals surface area (Å²) in [6.07, 6.45) is -0.925. The first-order valence-electron chi connectivity index (χ1n) is 7.47. The molecule has 0 N–H and O–H groups in total. The van der Waals surface area contributed by atoms with Crippen LogP contribution in [0.1, 0.15) is 26.3 Å². The minimum atomic E-state index is -0.677. The third-order valence-corrected chi connectivity index (χ3v) is 3.67. The first-order chi connectivity index (χ1) is 10.5. The summed E-state index contributed by atoms with van der Waals surface area (Å²) in [5.74, 6) is -0.526. The first-order valence-corrected chi connectivity index (χ1v) is 7.47. The van der Waals surface area contributed by atoms with Crippen molar-refractivity contribution in [3.63, 3.8) is 0 Å². The molecule has 0 amide bonds. The maximum Gasteiger partial charge on any atom is 0.343 e. The zero-order chi connectivity index (χ0) is 15.7. The number of cyclic esters (lactones) is 1. The Kier molecular flexibility index (Phi) is 3.93. The van der Waals surface area contributed by atoms with E-state index in [1.54, 1.807) is 0 Å². The van der Waals surface area contributed by atoms with E-state index in [0.29, 0.717) is 24.5 Å². The molecule has 0 bridgehead atoms. The Labute approximate surface area is 129 Å². The molecule has 0 radical (unpaired) electrons. The molecule has 2 aliphatic rings. The van der Waals surface area contributed by atoms with Gasteiger partial charge in [0.25, 0.3) is 0 Å². The summed E-state index contributed by atoms with van der Waals surface area (Å²) in [5.41, 5.74) is 1.26. The summed E-state index contributed by atoms with van der Waals surface area (Å²) in [7, 11) is 0. The van der Waals surface area contributed by atoms with Gasteiger partial charge in [-0.25, -0.2) is 4.79 Å². The number of esters is 1. The van der Waals surface area contributed by atoms with Crippen LogP contribution in [0.15, 0.2) is 36.1 Å². The molecule has 1 aromatic rings. The van der Waals surface area contributed by atoms with E-state index in [9.17, 15) is 4.79 Å².